The predicted octanol–water partition coefficient (Wildman–Crippen LogP) is 2.83. The third-order valence-electron chi connectivity index (χ3n) is 3.40. The van der Waals surface area contributed by atoms with Gasteiger partial charge in [-0.1, -0.05) is 19.1 Å². The molecule has 102 valence electrons. The minimum absolute atomic E-state index is 0.0485. The fourth-order valence-electron chi connectivity index (χ4n) is 2.42. The number of carboxylic acid groups (broad SMARTS) is 1. The van der Waals surface area contributed by atoms with Gasteiger partial charge in [0.15, 0.2) is 5.69 Å². The molecule has 0 fully saturated rings. The van der Waals surface area contributed by atoms with Gasteiger partial charge in [-0.2, -0.15) is 10.4 Å². The zero-order valence-corrected chi connectivity index (χ0v) is 11.3. The first-order valence-electron chi connectivity index (χ1n) is 6.36. The number of nitrogens with zero attached hydrogens (tertiary/aromatic N) is 2. The number of aromatic nitrogens is 2. The Labute approximate surface area is 116 Å². The average molecular weight is 269 g/mol. The number of carbonyl (C=O) groups is 1. The number of benzene rings is 1. The quantitative estimate of drug-likeness (QED) is 0.893. The number of aryl methyl sites for hydroxylation is 1. The van der Waals surface area contributed by atoms with E-state index in [-0.39, 0.29) is 11.6 Å². The molecule has 0 radical (unpaired) electrons. The van der Waals surface area contributed by atoms with E-state index in [1.807, 2.05) is 26.0 Å². The molecule has 0 spiro atoms. The van der Waals surface area contributed by atoms with Crippen LogP contribution in [-0.2, 0) is 0 Å². The van der Waals surface area contributed by atoms with E-state index in [4.69, 9.17) is 5.26 Å². The molecule has 0 saturated carbocycles. The molecule has 2 aromatic rings. The van der Waals surface area contributed by atoms with Gasteiger partial charge in [0.05, 0.1) is 11.6 Å². The molecule has 1 aromatic heterocycles. The molecular formula is C15H15N3O2. The number of nitriles is 1. The normalized spacial score (nSPS) is 11.8. The van der Waals surface area contributed by atoms with Crippen molar-refractivity contribution in [1.29, 1.82) is 5.26 Å². The van der Waals surface area contributed by atoms with Crippen LogP contribution >= 0.6 is 0 Å². The first-order valence-corrected chi connectivity index (χ1v) is 6.36. The summed E-state index contributed by atoms with van der Waals surface area (Å²) >= 11 is 0. The fourth-order valence-corrected chi connectivity index (χ4v) is 2.42. The van der Waals surface area contributed by atoms with E-state index in [1.54, 1.807) is 12.1 Å². The topological polar surface area (TPSA) is 89.8 Å². The van der Waals surface area contributed by atoms with Crippen molar-refractivity contribution in [2.45, 2.75) is 26.2 Å². The first-order chi connectivity index (χ1) is 9.58. The lowest BCUT2D eigenvalue weighted by Crippen LogP contribution is -2.08. The van der Waals surface area contributed by atoms with Gasteiger partial charge in [-0.3, -0.25) is 5.10 Å². The Morgan fingerprint density at radius 3 is 2.60 bits per heavy atom. The SMILES string of the molecule is CCC(c1ccc(C#N)cc1)c1c(C(=O)O)n[nH]c1C. The maximum absolute atomic E-state index is 11.3. The number of H-pyrrole nitrogens is 1. The molecule has 0 aliphatic heterocycles. The molecule has 1 atom stereocenters. The van der Waals surface area contributed by atoms with E-state index >= 15 is 0 Å². The first kappa shape index (κ1) is 13.8. The second-order valence-corrected chi connectivity index (χ2v) is 4.61. The van der Waals surface area contributed by atoms with Crippen molar-refractivity contribution >= 4 is 5.97 Å². The van der Waals surface area contributed by atoms with Gasteiger partial charge >= 0.3 is 5.97 Å². The van der Waals surface area contributed by atoms with E-state index in [0.717, 1.165) is 17.7 Å². The van der Waals surface area contributed by atoms with E-state index < -0.39 is 5.97 Å². The van der Waals surface area contributed by atoms with Crippen LogP contribution in [0.15, 0.2) is 24.3 Å². The number of aromatic carboxylic acids is 1. The lowest BCUT2D eigenvalue weighted by Gasteiger charge is -2.16. The Morgan fingerprint density at radius 1 is 1.45 bits per heavy atom. The summed E-state index contributed by atoms with van der Waals surface area (Å²) in [4.78, 5) is 11.3. The molecule has 1 aromatic carbocycles. The van der Waals surface area contributed by atoms with Crippen molar-refractivity contribution < 1.29 is 9.90 Å². The lowest BCUT2D eigenvalue weighted by molar-refractivity contribution is 0.0689. The molecule has 5 heteroatoms. The summed E-state index contributed by atoms with van der Waals surface area (Å²) in [5.74, 6) is -1.08. The summed E-state index contributed by atoms with van der Waals surface area (Å²) in [6.45, 7) is 3.82. The van der Waals surface area contributed by atoms with E-state index in [0.29, 0.717) is 11.1 Å². The summed E-state index contributed by atoms with van der Waals surface area (Å²) in [6, 6.07) is 9.29. The van der Waals surface area contributed by atoms with Crippen LogP contribution in [0.1, 0.15) is 52.1 Å². The van der Waals surface area contributed by atoms with Gasteiger partial charge in [0.1, 0.15) is 0 Å². The maximum atomic E-state index is 11.3. The van der Waals surface area contributed by atoms with E-state index in [1.165, 1.54) is 0 Å². The molecule has 1 unspecified atom stereocenters. The van der Waals surface area contributed by atoms with Crippen LogP contribution in [0.2, 0.25) is 0 Å². The molecule has 1 heterocycles. The van der Waals surface area contributed by atoms with Crippen molar-refractivity contribution in [2.24, 2.45) is 0 Å². The van der Waals surface area contributed by atoms with Crippen LogP contribution in [0.25, 0.3) is 0 Å². The minimum Gasteiger partial charge on any atom is -0.476 e. The summed E-state index contributed by atoms with van der Waals surface area (Å²) < 4.78 is 0. The third-order valence-corrected chi connectivity index (χ3v) is 3.40. The molecular weight excluding hydrogens is 254 g/mol. The second-order valence-electron chi connectivity index (χ2n) is 4.61. The highest BCUT2D eigenvalue weighted by atomic mass is 16.4. The Morgan fingerprint density at radius 2 is 2.10 bits per heavy atom. The number of hydrogen-bond donors (Lipinski definition) is 2. The maximum Gasteiger partial charge on any atom is 0.356 e. The van der Waals surface area contributed by atoms with Gasteiger partial charge in [-0.15, -0.1) is 0 Å². The smallest absolute Gasteiger partial charge is 0.356 e. The minimum atomic E-state index is -1.03. The van der Waals surface area contributed by atoms with Gasteiger partial charge in [-0.05, 0) is 31.0 Å². The van der Waals surface area contributed by atoms with Crippen molar-refractivity contribution in [3.05, 3.63) is 52.3 Å². The zero-order chi connectivity index (χ0) is 14.7. The van der Waals surface area contributed by atoms with Crippen LogP contribution in [0.3, 0.4) is 0 Å². The van der Waals surface area contributed by atoms with Crippen molar-refractivity contribution in [1.82, 2.24) is 10.2 Å². The van der Waals surface area contributed by atoms with Crippen molar-refractivity contribution in [3.63, 3.8) is 0 Å². The molecule has 2 N–H and O–H groups in total. The van der Waals surface area contributed by atoms with Crippen LogP contribution in [0.4, 0.5) is 0 Å². The molecule has 0 amide bonds. The van der Waals surface area contributed by atoms with Gasteiger partial charge in [0.2, 0.25) is 0 Å². The number of rotatable bonds is 4. The highest BCUT2D eigenvalue weighted by molar-refractivity contribution is 5.87. The van der Waals surface area contributed by atoms with Gasteiger partial charge < -0.3 is 5.11 Å². The number of carboxylic acids is 1. The lowest BCUT2D eigenvalue weighted by atomic mass is 9.87. The summed E-state index contributed by atoms with van der Waals surface area (Å²) in [7, 11) is 0. The largest absolute Gasteiger partial charge is 0.476 e. The van der Waals surface area contributed by atoms with Gasteiger partial charge in [-0.25, -0.2) is 4.79 Å². The molecule has 2 rings (SSSR count). The molecule has 0 aliphatic carbocycles. The fraction of sp³-hybridized carbons (Fsp3) is 0.267. The van der Waals surface area contributed by atoms with Crippen LogP contribution < -0.4 is 0 Å². The van der Waals surface area contributed by atoms with E-state index in [9.17, 15) is 9.90 Å². The third kappa shape index (κ3) is 2.41. The van der Waals surface area contributed by atoms with Gasteiger partial charge in [0.25, 0.3) is 0 Å². The molecule has 0 saturated heterocycles. The summed E-state index contributed by atoms with van der Waals surface area (Å²) in [5.41, 5.74) is 3.12. The number of hydrogen-bond acceptors (Lipinski definition) is 3. The second kappa shape index (κ2) is 5.57. The molecule has 20 heavy (non-hydrogen) atoms. The van der Waals surface area contributed by atoms with Gasteiger partial charge in [0, 0.05) is 17.2 Å². The predicted molar refractivity (Wildman–Crippen MR) is 73.6 cm³/mol. The molecule has 0 aliphatic rings. The summed E-state index contributed by atoms with van der Waals surface area (Å²) in [6.07, 6.45) is 0.757. The van der Waals surface area contributed by atoms with Crippen LogP contribution in [0, 0.1) is 18.3 Å². The van der Waals surface area contributed by atoms with Crippen LogP contribution in [0.5, 0.6) is 0 Å². The van der Waals surface area contributed by atoms with E-state index in [2.05, 4.69) is 16.3 Å². The summed E-state index contributed by atoms with van der Waals surface area (Å²) in [5, 5.41) is 24.7. The molecule has 5 nitrogen and oxygen atoms in total. The van der Waals surface area contributed by atoms with Crippen LogP contribution in [-0.4, -0.2) is 21.3 Å². The average Bonchev–Trinajstić information content (AvgIpc) is 2.83. The number of nitrogens with one attached hydrogen (secondary N) is 1. The highest BCUT2D eigenvalue weighted by Crippen LogP contribution is 2.31. The highest BCUT2D eigenvalue weighted by Gasteiger charge is 2.24. The Hall–Kier alpha value is -2.61. The zero-order valence-electron chi connectivity index (χ0n) is 11.3. The monoisotopic (exact) mass is 269 g/mol. The Kier molecular flexibility index (Phi) is 3.85. The van der Waals surface area contributed by atoms with Crippen molar-refractivity contribution in [3.8, 4) is 6.07 Å². The van der Waals surface area contributed by atoms with Crippen molar-refractivity contribution in [2.75, 3.05) is 0 Å². The Bertz CT molecular complexity index is 665. The Balaban J connectivity index is 2.49. The molecule has 0 bridgehead atoms. The standard InChI is InChI=1S/C15H15N3O2/c1-3-12(11-6-4-10(8-16)5-7-11)13-9(2)17-18-14(13)15(19)20/h4-7,12H,3H2,1-2H3,(H,17,18)(H,19,20). The number of aromatic amines is 1.